The van der Waals surface area contributed by atoms with Crippen LogP contribution in [0.3, 0.4) is 0 Å². The van der Waals surface area contributed by atoms with Crippen LogP contribution < -0.4 is 5.32 Å². The molecule has 0 aliphatic carbocycles. The van der Waals surface area contributed by atoms with Gasteiger partial charge in [-0.05, 0) is 25.3 Å². The molecule has 118 valence electrons. The fourth-order valence-corrected chi connectivity index (χ4v) is 2.57. The van der Waals surface area contributed by atoms with E-state index in [2.05, 4.69) is 36.5 Å². The molecule has 0 spiro atoms. The summed E-state index contributed by atoms with van der Waals surface area (Å²) in [5.41, 5.74) is 3.14. The van der Waals surface area contributed by atoms with Gasteiger partial charge in [0.05, 0.1) is 11.6 Å². The number of benzene rings is 1. The van der Waals surface area contributed by atoms with Gasteiger partial charge in [-0.2, -0.15) is 0 Å². The molecule has 0 saturated carbocycles. The van der Waals surface area contributed by atoms with E-state index in [9.17, 15) is 4.79 Å². The van der Waals surface area contributed by atoms with Crippen LogP contribution in [-0.4, -0.2) is 17.6 Å². The number of carbonyl (C=O) groups excluding carboxylic acids is 1. The highest BCUT2D eigenvalue weighted by Gasteiger charge is 2.23. The van der Waals surface area contributed by atoms with E-state index in [-0.39, 0.29) is 17.7 Å². The second-order valence-corrected chi connectivity index (χ2v) is 6.10. The van der Waals surface area contributed by atoms with Gasteiger partial charge in [-0.15, -0.1) is 0 Å². The van der Waals surface area contributed by atoms with Gasteiger partial charge in [0.15, 0.2) is 0 Å². The van der Waals surface area contributed by atoms with Gasteiger partial charge in [0.1, 0.15) is 5.76 Å². The van der Waals surface area contributed by atoms with Crippen molar-refractivity contribution >= 4 is 5.91 Å². The quantitative estimate of drug-likeness (QED) is 0.889. The Balaban J connectivity index is 1.96. The summed E-state index contributed by atoms with van der Waals surface area (Å²) in [6.07, 6.45) is 0.682. The summed E-state index contributed by atoms with van der Waals surface area (Å²) in [4.78, 5) is 12.5. The smallest absolute Gasteiger partial charge is 0.227 e. The lowest BCUT2D eigenvalue weighted by atomic mass is 9.87. The van der Waals surface area contributed by atoms with Crippen molar-refractivity contribution in [3.8, 4) is 0 Å². The van der Waals surface area contributed by atoms with Gasteiger partial charge in [0.2, 0.25) is 5.91 Å². The van der Waals surface area contributed by atoms with Gasteiger partial charge >= 0.3 is 0 Å². The highest BCUT2D eigenvalue weighted by molar-refractivity contribution is 5.83. The van der Waals surface area contributed by atoms with E-state index in [1.165, 1.54) is 5.56 Å². The Kier molecular flexibility index (Phi) is 5.36. The number of hydrogen-bond acceptors (Lipinski definition) is 3. The van der Waals surface area contributed by atoms with Crippen LogP contribution in [0.15, 0.2) is 34.9 Å². The normalized spacial score (nSPS) is 12.4. The van der Waals surface area contributed by atoms with E-state index >= 15 is 0 Å². The van der Waals surface area contributed by atoms with Crippen LogP contribution in [0.4, 0.5) is 0 Å². The molecule has 0 bridgehead atoms. The Morgan fingerprint density at radius 2 is 1.91 bits per heavy atom. The molecule has 1 atom stereocenters. The molecule has 0 fully saturated rings. The number of aromatic nitrogens is 1. The van der Waals surface area contributed by atoms with Crippen LogP contribution in [0.5, 0.6) is 0 Å². The molecule has 1 N–H and O–H groups in total. The number of hydrogen-bond donors (Lipinski definition) is 1. The Morgan fingerprint density at radius 3 is 2.45 bits per heavy atom. The molecule has 1 heterocycles. The van der Waals surface area contributed by atoms with Gasteiger partial charge < -0.3 is 9.84 Å². The molecule has 1 aromatic heterocycles. The zero-order chi connectivity index (χ0) is 16.1. The third-order valence-corrected chi connectivity index (χ3v) is 3.74. The van der Waals surface area contributed by atoms with Crippen molar-refractivity contribution in [3.05, 3.63) is 52.9 Å². The van der Waals surface area contributed by atoms with Crippen LogP contribution in [-0.2, 0) is 11.2 Å². The molecule has 0 saturated heterocycles. The first-order valence-corrected chi connectivity index (χ1v) is 7.74. The Morgan fingerprint density at radius 1 is 1.23 bits per heavy atom. The minimum atomic E-state index is -0.125. The average Bonchev–Trinajstić information content (AvgIpc) is 2.86. The Labute approximate surface area is 131 Å². The van der Waals surface area contributed by atoms with Crippen LogP contribution in [0.1, 0.15) is 42.3 Å². The summed E-state index contributed by atoms with van der Waals surface area (Å²) in [6.45, 7) is 8.63. The lowest BCUT2D eigenvalue weighted by Crippen LogP contribution is -2.33. The fraction of sp³-hybridized carbons (Fsp3) is 0.444. The predicted octanol–water partition coefficient (Wildman–Crippen LogP) is 3.39. The third-order valence-electron chi connectivity index (χ3n) is 3.74. The minimum Gasteiger partial charge on any atom is -0.361 e. The van der Waals surface area contributed by atoms with Gasteiger partial charge in [-0.3, -0.25) is 4.79 Å². The average molecular weight is 300 g/mol. The molecule has 22 heavy (non-hydrogen) atoms. The first-order valence-electron chi connectivity index (χ1n) is 7.74. The predicted molar refractivity (Wildman–Crippen MR) is 86.7 cm³/mol. The van der Waals surface area contributed by atoms with Crippen molar-refractivity contribution in [2.75, 3.05) is 6.54 Å². The van der Waals surface area contributed by atoms with E-state index in [0.717, 1.165) is 17.0 Å². The lowest BCUT2D eigenvalue weighted by molar-refractivity contribution is -0.123. The molecule has 4 nitrogen and oxygen atoms in total. The highest BCUT2D eigenvalue weighted by atomic mass is 16.5. The number of aryl methyl sites for hydroxylation is 2. The van der Waals surface area contributed by atoms with Crippen molar-refractivity contribution in [1.82, 2.24) is 10.5 Å². The monoisotopic (exact) mass is 300 g/mol. The third kappa shape index (κ3) is 4.20. The Hall–Kier alpha value is -2.10. The Bertz CT molecular complexity index is 614. The van der Waals surface area contributed by atoms with E-state index in [4.69, 9.17) is 4.52 Å². The van der Waals surface area contributed by atoms with Crippen LogP contribution in [0.2, 0.25) is 0 Å². The largest absolute Gasteiger partial charge is 0.361 e. The summed E-state index contributed by atoms with van der Waals surface area (Å²) >= 11 is 0. The summed E-state index contributed by atoms with van der Waals surface area (Å²) in [5.74, 6) is 0.983. The molecule has 2 aromatic rings. The standard InChI is InChI=1S/C18H24N2O2/c1-12(2)17(15-7-5-13(3)6-8-15)18(21)19-10-9-16-11-14(4)22-20-16/h5-8,11-12,17H,9-10H2,1-4H3,(H,19,21). The van der Waals surface area contributed by atoms with Gasteiger partial charge in [0.25, 0.3) is 0 Å². The first kappa shape index (κ1) is 16.3. The van der Waals surface area contributed by atoms with E-state index in [1.807, 2.05) is 32.0 Å². The number of rotatable bonds is 6. The minimum absolute atomic E-state index is 0.0686. The molecule has 0 aliphatic rings. The molecule has 4 heteroatoms. The molecule has 1 aromatic carbocycles. The highest BCUT2D eigenvalue weighted by Crippen LogP contribution is 2.25. The molecule has 0 radical (unpaired) electrons. The van der Waals surface area contributed by atoms with Crippen molar-refractivity contribution < 1.29 is 9.32 Å². The molecule has 1 amide bonds. The molecule has 2 rings (SSSR count). The lowest BCUT2D eigenvalue weighted by Gasteiger charge is -2.21. The van der Waals surface area contributed by atoms with Crippen molar-refractivity contribution in [1.29, 1.82) is 0 Å². The molecule has 0 aliphatic heterocycles. The summed E-state index contributed by atoms with van der Waals surface area (Å²) in [7, 11) is 0. The SMILES string of the molecule is Cc1ccc(C(C(=O)NCCc2cc(C)on2)C(C)C)cc1. The zero-order valence-electron chi connectivity index (χ0n) is 13.7. The van der Waals surface area contributed by atoms with E-state index in [1.54, 1.807) is 0 Å². The second kappa shape index (κ2) is 7.25. The molecular formula is C18H24N2O2. The number of nitrogens with zero attached hydrogens (tertiary/aromatic N) is 1. The topological polar surface area (TPSA) is 55.1 Å². The summed E-state index contributed by atoms with van der Waals surface area (Å²) < 4.78 is 5.03. The van der Waals surface area contributed by atoms with Gasteiger partial charge in [-0.1, -0.05) is 48.8 Å². The maximum absolute atomic E-state index is 12.5. The van der Waals surface area contributed by atoms with Crippen molar-refractivity contribution in [2.45, 2.75) is 40.0 Å². The van der Waals surface area contributed by atoms with Gasteiger partial charge in [0, 0.05) is 19.0 Å². The fourth-order valence-electron chi connectivity index (χ4n) is 2.57. The maximum atomic E-state index is 12.5. The van der Waals surface area contributed by atoms with Crippen LogP contribution in [0, 0.1) is 19.8 Å². The van der Waals surface area contributed by atoms with E-state index in [0.29, 0.717) is 13.0 Å². The maximum Gasteiger partial charge on any atom is 0.227 e. The number of carbonyl (C=O) groups is 1. The van der Waals surface area contributed by atoms with Crippen LogP contribution >= 0.6 is 0 Å². The zero-order valence-corrected chi connectivity index (χ0v) is 13.7. The second-order valence-electron chi connectivity index (χ2n) is 6.10. The van der Waals surface area contributed by atoms with Crippen molar-refractivity contribution in [2.24, 2.45) is 5.92 Å². The number of nitrogens with one attached hydrogen (secondary N) is 1. The molecule has 1 unspecified atom stereocenters. The summed E-state index contributed by atoms with van der Waals surface area (Å²) in [6, 6.07) is 10.1. The van der Waals surface area contributed by atoms with Crippen LogP contribution in [0.25, 0.3) is 0 Å². The summed E-state index contributed by atoms with van der Waals surface area (Å²) in [5, 5.41) is 6.95. The van der Waals surface area contributed by atoms with Crippen molar-refractivity contribution in [3.63, 3.8) is 0 Å². The number of amides is 1. The molecular weight excluding hydrogens is 276 g/mol. The first-order chi connectivity index (χ1) is 10.5. The van der Waals surface area contributed by atoms with Gasteiger partial charge in [-0.25, -0.2) is 0 Å². The van der Waals surface area contributed by atoms with E-state index < -0.39 is 0 Å².